The molecule has 1 atom stereocenters. The largest absolute Gasteiger partial charge is 0.475 e. The van der Waals surface area contributed by atoms with Gasteiger partial charge in [0.1, 0.15) is 5.75 Å². The van der Waals surface area contributed by atoms with Crippen LogP contribution in [0.1, 0.15) is 37.3 Å². The van der Waals surface area contributed by atoms with Crippen LogP contribution in [0.15, 0.2) is 18.2 Å². The quantitative estimate of drug-likeness (QED) is 0.767. The SMILES string of the molecule is CCCCCc1ccc2c(c1)CC(N)O2. The van der Waals surface area contributed by atoms with Gasteiger partial charge in [0, 0.05) is 6.42 Å². The normalized spacial score (nSPS) is 18.7. The zero-order valence-corrected chi connectivity index (χ0v) is 9.33. The highest BCUT2D eigenvalue weighted by atomic mass is 16.5. The second-order valence-corrected chi connectivity index (χ2v) is 4.26. The van der Waals surface area contributed by atoms with Crippen LogP contribution in [0, 0.1) is 0 Å². The highest BCUT2D eigenvalue weighted by Gasteiger charge is 2.18. The Bertz CT molecular complexity index is 335. The first-order valence-electron chi connectivity index (χ1n) is 5.83. The van der Waals surface area contributed by atoms with Crippen molar-refractivity contribution < 1.29 is 4.74 Å². The summed E-state index contributed by atoms with van der Waals surface area (Å²) in [6.45, 7) is 2.23. The average Bonchev–Trinajstić information content (AvgIpc) is 2.57. The Balaban J connectivity index is 2.00. The predicted octanol–water partition coefficient (Wildman–Crippen LogP) is 2.64. The summed E-state index contributed by atoms with van der Waals surface area (Å²) >= 11 is 0. The molecule has 1 aliphatic heterocycles. The Kier molecular flexibility index (Phi) is 3.27. The van der Waals surface area contributed by atoms with Crippen molar-refractivity contribution in [1.82, 2.24) is 0 Å². The summed E-state index contributed by atoms with van der Waals surface area (Å²) in [6.07, 6.45) is 5.77. The van der Waals surface area contributed by atoms with E-state index in [0.29, 0.717) is 0 Å². The summed E-state index contributed by atoms with van der Waals surface area (Å²) in [5, 5.41) is 0. The molecule has 0 saturated heterocycles. The minimum Gasteiger partial charge on any atom is -0.475 e. The van der Waals surface area contributed by atoms with Gasteiger partial charge in [0.15, 0.2) is 6.23 Å². The van der Waals surface area contributed by atoms with E-state index in [1.54, 1.807) is 0 Å². The van der Waals surface area contributed by atoms with E-state index in [2.05, 4.69) is 25.1 Å². The molecule has 1 aliphatic rings. The number of ether oxygens (including phenoxy) is 1. The van der Waals surface area contributed by atoms with Gasteiger partial charge in [-0.15, -0.1) is 0 Å². The summed E-state index contributed by atoms with van der Waals surface area (Å²) in [7, 11) is 0. The molecule has 1 unspecified atom stereocenters. The number of benzene rings is 1. The second kappa shape index (κ2) is 4.67. The monoisotopic (exact) mass is 205 g/mol. The van der Waals surface area contributed by atoms with Crippen LogP contribution in [0.4, 0.5) is 0 Å². The van der Waals surface area contributed by atoms with Gasteiger partial charge in [-0.25, -0.2) is 0 Å². The lowest BCUT2D eigenvalue weighted by Crippen LogP contribution is -2.23. The Morgan fingerprint density at radius 2 is 2.27 bits per heavy atom. The van der Waals surface area contributed by atoms with Crippen molar-refractivity contribution in [3.8, 4) is 5.75 Å². The maximum Gasteiger partial charge on any atom is 0.151 e. The third-order valence-corrected chi connectivity index (χ3v) is 2.89. The molecule has 0 bridgehead atoms. The van der Waals surface area contributed by atoms with Crippen LogP contribution in [0.25, 0.3) is 0 Å². The second-order valence-electron chi connectivity index (χ2n) is 4.26. The summed E-state index contributed by atoms with van der Waals surface area (Å²) in [5.74, 6) is 0.974. The highest BCUT2D eigenvalue weighted by Crippen LogP contribution is 2.28. The average molecular weight is 205 g/mol. The van der Waals surface area contributed by atoms with Gasteiger partial charge < -0.3 is 4.74 Å². The molecule has 2 rings (SSSR count). The van der Waals surface area contributed by atoms with Gasteiger partial charge in [-0.1, -0.05) is 31.9 Å². The van der Waals surface area contributed by atoms with Crippen LogP contribution in [-0.4, -0.2) is 6.23 Å². The lowest BCUT2D eigenvalue weighted by atomic mass is 10.0. The van der Waals surface area contributed by atoms with Gasteiger partial charge in [-0.3, -0.25) is 5.73 Å². The smallest absolute Gasteiger partial charge is 0.151 e. The maximum absolute atomic E-state index is 5.73. The van der Waals surface area contributed by atoms with E-state index in [-0.39, 0.29) is 6.23 Å². The minimum absolute atomic E-state index is 0.133. The van der Waals surface area contributed by atoms with Crippen molar-refractivity contribution in [2.45, 2.75) is 45.3 Å². The first-order valence-corrected chi connectivity index (χ1v) is 5.83. The summed E-state index contributed by atoms with van der Waals surface area (Å²) in [4.78, 5) is 0. The molecule has 1 heterocycles. The summed E-state index contributed by atoms with van der Waals surface area (Å²) < 4.78 is 5.47. The molecule has 2 heteroatoms. The van der Waals surface area contributed by atoms with Crippen molar-refractivity contribution in [3.05, 3.63) is 29.3 Å². The van der Waals surface area contributed by atoms with Crippen LogP contribution in [0.2, 0.25) is 0 Å². The lowest BCUT2D eigenvalue weighted by Gasteiger charge is -2.04. The van der Waals surface area contributed by atoms with Crippen molar-refractivity contribution in [2.24, 2.45) is 5.73 Å². The molecular formula is C13H19NO. The highest BCUT2D eigenvalue weighted by molar-refractivity contribution is 5.40. The van der Waals surface area contributed by atoms with Gasteiger partial charge in [-0.2, -0.15) is 0 Å². The molecule has 0 radical (unpaired) electrons. The Morgan fingerprint density at radius 1 is 1.40 bits per heavy atom. The number of unbranched alkanes of at least 4 members (excludes halogenated alkanes) is 2. The lowest BCUT2D eigenvalue weighted by molar-refractivity contribution is 0.241. The Labute approximate surface area is 91.4 Å². The van der Waals surface area contributed by atoms with Crippen molar-refractivity contribution >= 4 is 0 Å². The van der Waals surface area contributed by atoms with E-state index in [1.165, 1.54) is 36.8 Å². The van der Waals surface area contributed by atoms with Crippen LogP contribution in [-0.2, 0) is 12.8 Å². The molecule has 1 aromatic rings. The number of hydrogen-bond acceptors (Lipinski definition) is 2. The molecule has 82 valence electrons. The van der Waals surface area contributed by atoms with E-state index in [1.807, 2.05) is 0 Å². The number of hydrogen-bond donors (Lipinski definition) is 1. The Morgan fingerprint density at radius 3 is 3.07 bits per heavy atom. The van der Waals surface area contributed by atoms with Gasteiger partial charge in [0.25, 0.3) is 0 Å². The van der Waals surface area contributed by atoms with E-state index in [0.717, 1.165) is 12.2 Å². The van der Waals surface area contributed by atoms with Crippen LogP contribution in [0.5, 0.6) is 5.75 Å². The molecule has 15 heavy (non-hydrogen) atoms. The van der Waals surface area contributed by atoms with Crippen LogP contribution in [0.3, 0.4) is 0 Å². The van der Waals surface area contributed by atoms with Gasteiger partial charge in [0.05, 0.1) is 0 Å². The molecule has 0 aliphatic carbocycles. The molecule has 1 aromatic carbocycles. The Hall–Kier alpha value is -1.02. The molecule has 0 spiro atoms. The third-order valence-electron chi connectivity index (χ3n) is 2.89. The number of rotatable bonds is 4. The van der Waals surface area contributed by atoms with Crippen LogP contribution >= 0.6 is 0 Å². The molecule has 0 aromatic heterocycles. The standard InChI is InChI=1S/C13H19NO/c1-2-3-4-5-10-6-7-12-11(8-10)9-13(14)15-12/h6-8,13H,2-5,9,14H2,1H3. The van der Waals surface area contributed by atoms with E-state index < -0.39 is 0 Å². The van der Waals surface area contributed by atoms with Crippen molar-refractivity contribution in [2.75, 3.05) is 0 Å². The minimum atomic E-state index is -0.133. The van der Waals surface area contributed by atoms with Gasteiger partial charge in [0.2, 0.25) is 0 Å². The van der Waals surface area contributed by atoms with E-state index >= 15 is 0 Å². The van der Waals surface area contributed by atoms with Crippen molar-refractivity contribution in [3.63, 3.8) is 0 Å². The summed E-state index contributed by atoms with van der Waals surface area (Å²) in [6, 6.07) is 6.47. The third kappa shape index (κ3) is 2.51. The number of fused-ring (bicyclic) bond motifs is 1. The van der Waals surface area contributed by atoms with E-state index in [4.69, 9.17) is 10.5 Å². The van der Waals surface area contributed by atoms with Crippen molar-refractivity contribution in [1.29, 1.82) is 0 Å². The van der Waals surface area contributed by atoms with Gasteiger partial charge >= 0.3 is 0 Å². The molecule has 2 N–H and O–H groups in total. The molecule has 0 amide bonds. The number of nitrogens with two attached hydrogens (primary N) is 1. The molecule has 2 nitrogen and oxygen atoms in total. The topological polar surface area (TPSA) is 35.2 Å². The van der Waals surface area contributed by atoms with Gasteiger partial charge in [-0.05, 0) is 30.0 Å². The molecule has 0 fully saturated rings. The first kappa shape index (κ1) is 10.5. The zero-order chi connectivity index (χ0) is 10.7. The first-order chi connectivity index (χ1) is 7.29. The van der Waals surface area contributed by atoms with E-state index in [9.17, 15) is 0 Å². The predicted molar refractivity (Wildman–Crippen MR) is 62.0 cm³/mol. The van der Waals surface area contributed by atoms with Crippen LogP contribution < -0.4 is 10.5 Å². The summed E-state index contributed by atoms with van der Waals surface area (Å²) in [5.41, 5.74) is 8.43. The molecular weight excluding hydrogens is 186 g/mol. The molecule has 0 saturated carbocycles. The number of aryl methyl sites for hydroxylation is 1. The zero-order valence-electron chi connectivity index (χ0n) is 9.33. The fourth-order valence-electron chi connectivity index (χ4n) is 2.06. The maximum atomic E-state index is 5.73. The fraction of sp³-hybridized carbons (Fsp3) is 0.538. The fourth-order valence-corrected chi connectivity index (χ4v) is 2.06.